The van der Waals surface area contributed by atoms with Crippen molar-refractivity contribution in [1.29, 1.82) is 0 Å². The van der Waals surface area contributed by atoms with Gasteiger partial charge in [0.2, 0.25) is 6.41 Å². The first-order valence-electron chi connectivity index (χ1n) is 7.86. The largest absolute Gasteiger partial charge is 0.464 e. The summed E-state index contributed by atoms with van der Waals surface area (Å²) in [6.45, 7) is 2.00. The van der Waals surface area contributed by atoms with Crippen LogP contribution in [0, 0.1) is 0 Å². The van der Waals surface area contributed by atoms with Crippen LogP contribution in [0.1, 0.15) is 18.1 Å². The second-order valence-electron chi connectivity index (χ2n) is 5.68. The first-order valence-corrected chi connectivity index (χ1v) is 9.45. The Labute approximate surface area is 164 Å². The van der Waals surface area contributed by atoms with E-state index in [0.717, 1.165) is 20.1 Å². The highest BCUT2D eigenvalue weighted by atomic mass is 79.9. The van der Waals surface area contributed by atoms with E-state index in [0.29, 0.717) is 19.3 Å². The Kier molecular flexibility index (Phi) is 7.20. The van der Waals surface area contributed by atoms with Crippen molar-refractivity contribution in [1.82, 2.24) is 5.32 Å². The van der Waals surface area contributed by atoms with Gasteiger partial charge in [-0.2, -0.15) is 0 Å². The Morgan fingerprint density at radius 2 is 1.60 bits per heavy atom. The van der Waals surface area contributed by atoms with Crippen LogP contribution >= 0.6 is 31.9 Å². The summed E-state index contributed by atoms with van der Waals surface area (Å²) in [4.78, 5) is 24.1. The molecule has 0 aliphatic rings. The predicted molar refractivity (Wildman–Crippen MR) is 104 cm³/mol. The fourth-order valence-electron chi connectivity index (χ4n) is 2.74. The quantitative estimate of drug-likeness (QED) is 0.469. The van der Waals surface area contributed by atoms with Crippen LogP contribution in [0.15, 0.2) is 57.5 Å². The van der Waals surface area contributed by atoms with Crippen LogP contribution in [0.4, 0.5) is 0 Å². The molecule has 0 spiro atoms. The number of nitrogens with one attached hydrogen (secondary N) is 1. The Morgan fingerprint density at radius 1 is 1.08 bits per heavy atom. The fraction of sp³-hybridized carbons (Fsp3) is 0.263. The van der Waals surface area contributed by atoms with Crippen LogP contribution < -0.4 is 5.32 Å². The number of carbonyl (C=O) groups excluding carboxylic acids is 2. The van der Waals surface area contributed by atoms with Gasteiger partial charge in [-0.05, 0) is 42.3 Å². The highest BCUT2D eigenvalue weighted by Gasteiger charge is 2.40. The maximum atomic E-state index is 12.8. The fourth-order valence-corrected chi connectivity index (χ4v) is 3.63. The molecule has 1 N–H and O–H groups in total. The van der Waals surface area contributed by atoms with Crippen molar-refractivity contribution < 1.29 is 14.3 Å². The minimum absolute atomic E-state index is 0.248. The van der Waals surface area contributed by atoms with Gasteiger partial charge in [0, 0.05) is 21.8 Å². The molecule has 132 valence electrons. The summed E-state index contributed by atoms with van der Waals surface area (Å²) < 4.78 is 7.11. The van der Waals surface area contributed by atoms with E-state index in [1.165, 1.54) is 0 Å². The number of ether oxygens (including phenoxy) is 1. The molecule has 25 heavy (non-hydrogen) atoms. The van der Waals surface area contributed by atoms with E-state index < -0.39 is 11.5 Å². The van der Waals surface area contributed by atoms with E-state index in [1.54, 1.807) is 6.92 Å². The van der Waals surface area contributed by atoms with E-state index in [4.69, 9.17) is 4.74 Å². The van der Waals surface area contributed by atoms with Crippen molar-refractivity contribution in [3.63, 3.8) is 0 Å². The second-order valence-corrected chi connectivity index (χ2v) is 7.51. The van der Waals surface area contributed by atoms with Crippen LogP contribution in [0.25, 0.3) is 0 Å². The highest BCUT2D eigenvalue weighted by Crippen LogP contribution is 2.24. The number of benzene rings is 2. The van der Waals surface area contributed by atoms with Gasteiger partial charge in [0.05, 0.1) is 6.61 Å². The molecule has 0 radical (unpaired) electrons. The van der Waals surface area contributed by atoms with Gasteiger partial charge in [-0.25, -0.2) is 4.79 Å². The van der Waals surface area contributed by atoms with Crippen LogP contribution in [0.5, 0.6) is 0 Å². The molecule has 0 unspecified atom stereocenters. The van der Waals surface area contributed by atoms with Crippen LogP contribution in [0.3, 0.4) is 0 Å². The number of carbonyl (C=O) groups is 2. The Hall–Kier alpha value is -1.66. The van der Waals surface area contributed by atoms with Crippen molar-refractivity contribution in [3.8, 4) is 0 Å². The van der Waals surface area contributed by atoms with Gasteiger partial charge in [0.25, 0.3) is 0 Å². The van der Waals surface area contributed by atoms with Crippen LogP contribution in [0.2, 0.25) is 0 Å². The maximum Gasteiger partial charge on any atom is 0.332 e. The van der Waals surface area contributed by atoms with Gasteiger partial charge in [-0.3, -0.25) is 4.79 Å². The summed E-state index contributed by atoms with van der Waals surface area (Å²) in [5.74, 6) is -0.443. The smallest absolute Gasteiger partial charge is 0.332 e. The normalized spacial score (nSPS) is 11.0. The first kappa shape index (κ1) is 19.7. The van der Waals surface area contributed by atoms with E-state index >= 15 is 0 Å². The second kappa shape index (κ2) is 9.15. The molecule has 0 saturated heterocycles. The van der Waals surface area contributed by atoms with Crippen LogP contribution in [-0.2, 0) is 27.2 Å². The topological polar surface area (TPSA) is 55.4 Å². The van der Waals surface area contributed by atoms with Gasteiger partial charge in [0.1, 0.15) is 5.54 Å². The van der Waals surface area contributed by atoms with E-state index in [9.17, 15) is 9.59 Å². The SMILES string of the molecule is CCOC(=O)C(Cc1cccc(Br)c1)(Cc1cccc(Br)c1)NC=O. The van der Waals surface area contributed by atoms with Crippen molar-refractivity contribution in [3.05, 3.63) is 68.6 Å². The Bertz CT molecular complexity index is 701. The molecule has 0 aromatic heterocycles. The zero-order valence-electron chi connectivity index (χ0n) is 13.8. The van der Waals surface area contributed by atoms with Gasteiger partial charge in [-0.15, -0.1) is 0 Å². The number of esters is 1. The monoisotopic (exact) mass is 467 g/mol. The summed E-state index contributed by atoms with van der Waals surface area (Å²) in [6.07, 6.45) is 1.22. The van der Waals surface area contributed by atoms with Crippen molar-refractivity contribution in [2.75, 3.05) is 6.61 Å². The minimum atomic E-state index is -1.17. The molecular formula is C19H19Br2NO3. The number of rotatable bonds is 8. The highest BCUT2D eigenvalue weighted by molar-refractivity contribution is 9.10. The van der Waals surface area contributed by atoms with Crippen molar-refractivity contribution in [2.45, 2.75) is 25.3 Å². The van der Waals surface area contributed by atoms with Gasteiger partial charge in [-0.1, -0.05) is 56.1 Å². The third-order valence-corrected chi connectivity index (χ3v) is 4.78. The zero-order valence-corrected chi connectivity index (χ0v) is 17.0. The third kappa shape index (κ3) is 5.41. The maximum absolute atomic E-state index is 12.8. The molecule has 6 heteroatoms. The molecule has 2 aromatic rings. The molecule has 2 aromatic carbocycles. The average molecular weight is 469 g/mol. The number of amides is 1. The summed E-state index contributed by atoms with van der Waals surface area (Å²) in [5.41, 5.74) is 0.679. The molecule has 0 heterocycles. The average Bonchev–Trinajstić information content (AvgIpc) is 2.55. The standard InChI is InChI=1S/C19H19Br2NO3/c1-2-25-18(24)19(22-13-23,11-14-5-3-7-16(20)9-14)12-15-6-4-8-17(21)10-15/h3-10,13H,2,11-12H2,1H3,(H,22,23). The molecule has 0 aliphatic carbocycles. The molecule has 2 rings (SSSR count). The molecule has 0 atom stereocenters. The lowest BCUT2D eigenvalue weighted by Crippen LogP contribution is -2.56. The Morgan fingerprint density at radius 3 is 2.00 bits per heavy atom. The van der Waals surface area contributed by atoms with Gasteiger partial charge in [0.15, 0.2) is 0 Å². The van der Waals surface area contributed by atoms with E-state index in [-0.39, 0.29) is 6.61 Å². The molecule has 0 saturated carbocycles. The minimum Gasteiger partial charge on any atom is -0.464 e. The summed E-state index contributed by atoms with van der Waals surface area (Å²) in [7, 11) is 0. The van der Waals surface area contributed by atoms with Crippen molar-refractivity contribution >= 4 is 44.2 Å². The molecular weight excluding hydrogens is 450 g/mol. The zero-order chi connectivity index (χ0) is 18.3. The third-order valence-electron chi connectivity index (χ3n) is 3.79. The van der Waals surface area contributed by atoms with Crippen molar-refractivity contribution in [2.24, 2.45) is 0 Å². The molecule has 1 amide bonds. The molecule has 0 aliphatic heterocycles. The summed E-state index contributed by atoms with van der Waals surface area (Å²) in [6, 6.07) is 15.3. The molecule has 0 fully saturated rings. The number of hydrogen-bond acceptors (Lipinski definition) is 3. The van der Waals surface area contributed by atoms with Gasteiger partial charge >= 0.3 is 5.97 Å². The van der Waals surface area contributed by atoms with E-state index in [2.05, 4.69) is 37.2 Å². The summed E-state index contributed by atoms with van der Waals surface area (Å²) >= 11 is 6.88. The lowest BCUT2D eigenvalue weighted by atomic mass is 9.84. The lowest BCUT2D eigenvalue weighted by molar-refractivity contribution is -0.152. The first-order chi connectivity index (χ1) is 12.0. The molecule has 0 bridgehead atoms. The predicted octanol–water partition coefficient (Wildman–Crippen LogP) is 4.04. The van der Waals surface area contributed by atoms with E-state index in [1.807, 2.05) is 48.5 Å². The lowest BCUT2D eigenvalue weighted by Gasteiger charge is -2.31. The Balaban J connectivity index is 2.43. The summed E-state index contributed by atoms with van der Waals surface area (Å²) in [5, 5.41) is 2.73. The number of halogens is 2. The van der Waals surface area contributed by atoms with Crippen LogP contribution in [-0.4, -0.2) is 24.5 Å². The number of hydrogen-bond donors (Lipinski definition) is 1. The van der Waals surface area contributed by atoms with Gasteiger partial charge < -0.3 is 10.1 Å². The molecule has 4 nitrogen and oxygen atoms in total.